The number of nitrogens with one attached hydrogen (secondary N) is 2. The van der Waals surface area contributed by atoms with Crippen molar-refractivity contribution >= 4 is 34.8 Å². The molecule has 0 bridgehead atoms. The molecule has 0 aliphatic carbocycles. The van der Waals surface area contributed by atoms with Crippen LogP contribution >= 0.6 is 34.8 Å². The van der Waals surface area contributed by atoms with Gasteiger partial charge in [0.1, 0.15) is 0 Å². The summed E-state index contributed by atoms with van der Waals surface area (Å²) in [5.74, 6) is 0. The molecule has 1 aromatic rings. The Balaban J connectivity index is 3.37. The van der Waals surface area contributed by atoms with Crippen LogP contribution in [-0.2, 0) is 3.79 Å². The van der Waals surface area contributed by atoms with Gasteiger partial charge in [-0.3, -0.25) is 9.78 Å². The first kappa shape index (κ1) is 9.64. The van der Waals surface area contributed by atoms with Gasteiger partial charge in [0, 0.05) is 6.07 Å². The highest BCUT2D eigenvalue weighted by molar-refractivity contribution is 6.66. The molecule has 0 aliphatic heterocycles. The Labute approximate surface area is 81.5 Å². The lowest BCUT2D eigenvalue weighted by Crippen LogP contribution is -2.25. The van der Waals surface area contributed by atoms with Gasteiger partial charge in [-0.15, -0.1) is 0 Å². The van der Waals surface area contributed by atoms with Crippen molar-refractivity contribution in [2.75, 3.05) is 0 Å². The summed E-state index contributed by atoms with van der Waals surface area (Å²) in [7, 11) is 0. The largest absolute Gasteiger partial charge is 0.326 e. The molecular formula is C5H3Cl3N2O2. The molecule has 1 heterocycles. The van der Waals surface area contributed by atoms with Gasteiger partial charge in [-0.1, -0.05) is 34.8 Å². The van der Waals surface area contributed by atoms with Gasteiger partial charge in [-0.05, 0) is 0 Å². The van der Waals surface area contributed by atoms with Gasteiger partial charge < -0.3 is 4.98 Å². The Hall–Kier alpha value is -0.450. The highest BCUT2D eigenvalue weighted by Gasteiger charge is 2.24. The zero-order valence-corrected chi connectivity index (χ0v) is 7.80. The van der Waals surface area contributed by atoms with Crippen molar-refractivity contribution < 1.29 is 0 Å². The summed E-state index contributed by atoms with van der Waals surface area (Å²) < 4.78 is -1.78. The van der Waals surface area contributed by atoms with Crippen LogP contribution < -0.4 is 11.2 Å². The van der Waals surface area contributed by atoms with Gasteiger partial charge in [0.2, 0.25) is 3.79 Å². The number of hydrogen-bond acceptors (Lipinski definition) is 2. The first-order chi connectivity index (χ1) is 5.39. The summed E-state index contributed by atoms with van der Waals surface area (Å²) in [6, 6.07) is 1.01. The van der Waals surface area contributed by atoms with E-state index < -0.39 is 15.0 Å². The maximum Gasteiger partial charge on any atom is 0.326 e. The number of hydrogen-bond donors (Lipinski definition) is 2. The lowest BCUT2D eigenvalue weighted by Gasteiger charge is -2.08. The number of aromatic amines is 2. The van der Waals surface area contributed by atoms with Crippen LogP contribution in [0.4, 0.5) is 0 Å². The Morgan fingerprint density at radius 2 is 1.75 bits per heavy atom. The maximum atomic E-state index is 10.7. The highest BCUT2D eigenvalue weighted by atomic mass is 35.6. The van der Waals surface area contributed by atoms with Crippen LogP contribution in [0.15, 0.2) is 15.7 Å². The molecule has 0 spiro atoms. The summed E-state index contributed by atoms with van der Waals surface area (Å²) in [5, 5.41) is 0. The van der Waals surface area contributed by atoms with Crippen molar-refractivity contribution in [2.24, 2.45) is 0 Å². The van der Waals surface area contributed by atoms with Crippen molar-refractivity contribution in [3.8, 4) is 0 Å². The second kappa shape index (κ2) is 3.12. The summed E-state index contributed by atoms with van der Waals surface area (Å²) >= 11 is 16.2. The molecule has 0 radical (unpaired) electrons. The lowest BCUT2D eigenvalue weighted by molar-refractivity contribution is 0.953. The molecule has 0 unspecified atom stereocenters. The first-order valence-electron chi connectivity index (χ1n) is 2.80. The molecular weight excluding hydrogens is 226 g/mol. The number of H-pyrrole nitrogens is 2. The molecule has 0 atom stereocenters. The van der Waals surface area contributed by atoms with Crippen molar-refractivity contribution in [2.45, 2.75) is 3.79 Å². The van der Waals surface area contributed by atoms with Gasteiger partial charge in [-0.2, -0.15) is 0 Å². The second-order valence-corrected chi connectivity index (χ2v) is 4.28. The fourth-order valence-electron chi connectivity index (χ4n) is 0.621. The van der Waals surface area contributed by atoms with E-state index in [9.17, 15) is 9.59 Å². The average molecular weight is 229 g/mol. The summed E-state index contributed by atoms with van der Waals surface area (Å²) in [6.45, 7) is 0. The Kier molecular flexibility index (Phi) is 2.51. The smallest absolute Gasteiger partial charge is 0.307 e. The van der Waals surface area contributed by atoms with E-state index in [1.165, 1.54) is 0 Å². The number of alkyl halides is 3. The maximum absolute atomic E-state index is 10.7. The molecule has 0 aromatic carbocycles. The number of rotatable bonds is 0. The molecule has 0 fully saturated rings. The minimum absolute atomic E-state index is 0.0544. The molecule has 0 amide bonds. The minimum atomic E-state index is -1.78. The third-order valence-electron chi connectivity index (χ3n) is 1.07. The standard InChI is InChI=1S/C5H3Cl3N2O2/c6-5(7,8)2-1-3(11)10-4(12)9-2/h1H,(H2,9,10,11,12). The topological polar surface area (TPSA) is 65.7 Å². The number of halogens is 3. The fourth-order valence-corrected chi connectivity index (χ4v) is 0.927. The van der Waals surface area contributed by atoms with Crippen molar-refractivity contribution in [1.29, 1.82) is 0 Å². The molecule has 1 aromatic heterocycles. The zero-order valence-electron chi connectivity index (χ0n) is 5.53. The first-order valence-corrected chi connectivity index (χ1v) is 3.94. The predicted molar refractivity (Wildman–Crippen MR) is 46.9 cm³/mol. The Morgan fingerprint density at radius 3 is 2.17 bits per heavy atom. The molecule has 12 heavy (non-hydrogen) atoms. The Morgan fingerprint density at radius 1 is 1.17 bits per heavy atom. The number of aromatic nitrogens is 2. The van der Waals surface area contributed by atoms with Crippen LogP contribution in [-0.4, -0.2) is 9.97 Å². The van der Waals surface area contributed by atoms with E-state index in [0.717, 1.165) is 6.07 Å². The van der Waals surface area contributed by atoms with Crippen LogP contribution in [0.3, 0.4) is 0 Å². The van der Waals surface area contributed by atoms with Gasteiger partial charge >= 0.3 is 5.69 Å². The molecule has 1 rings (SSSR count). The monoisotopic (exact) mass is 228 g/mol. The van der Waals surface area contributed by atoms with E-state index in [4.69, 9.17) is 34.8 Å². The molecule has 2 N–H and O–H groups in total. The second-order valence-electron chi connectivity index (χ2n) is 2.00. The Bertz CT molecular complexity index is 360. The minimum Gasteiger partial charge on any atom is -0.307 e. The van der Waals surface area contributed by atoms with Gasteiger partial charge in [0.15, 0.2) is 0 Å². The molecule has 7 heteroatoms. The highest BCUT2D eigenvalue weighted by Crippen LogP contribution is 2.35. The van der Waals surface area contributed by atoms with Crippen molar-refractivity contribution in [1.82, 2.24) is 9.97 Å². The SMILES string of the molecule is O=c1cc(C(Cl)(Cl)Cl)[nH]c(=O)[nH]1. The van der Waals surface area contributed by atoms with Crippen molar-refractivity contribution in [3.63, 3.8) is 0 Å². The molecule has 0 saturated carbocycles. The summed E-state index contributed by atoms with van der Waals surface area (Å²) in [5.41, 5.74) is -1.37. The molecule has 4 nitrogen and oxygen atoms in total. The third-order valence-corrected chi connectivity index (χ3v) is 1.68. The fraction of sp³-hybridized carbons (Fsp3) is 0.200. The summed E-state index contributed by atoms with van der Waals surface area (Å²) in [4.78, 5) is 25.5. The van der Waals surface area contributed by atoms with E-state index in [0.29, 0.717) is 0 Å². The molecule has 66 valence electrons. The van der Waals surface area contributed by atoms with E-state index in [-0.39, 0.29) is 5.69 Å². The molecule has 0 saturated heterocycles. The molecule has 0 aliphatic rings. The summed E-state index contributed by atoms with van der Waals surface area (Å²) in [6.07, 6.45) is 0. The predicted octanol–water partition coefficient (Wildman–Crippen LogP) is 0.890. The van der Waals surface area contributed by atoms with Crippen LogP contribution in [0.2, 0.25) is 0 Å². The van der Waals surface area contributed by atoms with Crippen LogP contribution in [0.5, 0.6) is 0 Å². The van der Waals surface area contributed by atoms with Gasteiger partial charge in [0.05, 0.1) is 5.69 Å². The third kappa shape index (κ3) is 2.27. The van der Waals surface area contributed by atoms with E-state index in [2.05, 4.69) is 4.98 Å². The van der Waals surface area contributed by atoms with Crippen LogP contribution in [0.25, 0.3) is 0 Å². The zero-order chi connectivity index (χ0) is 9.35. The van der Waals surface area contributed by atoms with E-state index in [1.54, 1.807) is 0 Å². The van der Waals surface area contributed by atoms with Crippen LogP contribution in [0, 0.1) is 0 Å². The van der Waals surface area contributed by atoms with Crippen LogP contribution in [0.1, 0.15) is 5.69 Å². The van der Waals surface area contributed by atoms with E-state index >= 15 is 0 Å². The van der Waals surface area contributed by atoms with Crippen molar-refractivity contribution in [3.05, 3.63) is 32.6 Å². The lowest BCUT2D eigenvalue weighted by atomic mass is 10.4. The average Bonchev–Trinajstić information content (AvgIpc) is 1.82. The normalized spacial score (nSPS) is 11.6. The quantitative estimate of drug-likeness (QED) is 0.649. The van der Waals surface area contributed by atoms with Gasteiger partial charge in [0.25, 0.3) is 5.56 Å². The van der Waals surface area contributed by atoms with Gasteiger partial charge in [-0.25, -0.2) is 4.79 Å². The van der Waals surface area contributed by atoms with E-state index in [1.807, 2.05) is 4.98 Å².